The second-order valence-electron chi connectivity index (χ2n) is 5.87. The molecule has 4 rings (SSSR count). The quantitative estimate of drug-likeness (QED) is 0.893. The standard InChI is InChI=1S/C17H18N2O2S/c18-16-12-4-2-1-3-10(12)7-13(16)19-17(20)15-8-11-9-21-6-5-14(11)22-15/h1-4,8,13,16H,5-7,9,18H2,(H,19,20)/t13-,16-/m1/s1. The third kappa shape index (κ3) is 2.35. The van der Waals surface area contributed by atoms with Gasteiger partial charge in [-0.3, -0.25) is 4.79 Å². The lowest BCUT2D eigenvalue weighted by molar-refractivity contribution is 0.0937. The van der Waals surface area contributed by atoms with Crippen LogP contribution in [-0.2, 0) is 24.2 Å². The number of hydrogen-bond donors (Lipinski definition) is 2. The minimum atomic E-state index is -0.127. The molecule has 0 unspecified atom stereocenters. The summed E-state index contributed by atoms with van der Waals surface area (Å²) in [6.07, 6.45) is 1.71. The second kappa shape index (κ2) is 5.50. The maximum atomic E-state index is 12.5. The van der Waals surface area contributed by atoms with E-state index in [1.54, 1.807) is 11.3 Å². The second-order valence-corrected chi connectivity index (χ2v) is 7.01. The van der Waals surface area contributed by atoms with Gasteiger partial charge in [-0.1, -0.05) is 24.3 Å². The summed E-state index contributed by atoms with van der Waals surface area (Å²) in [7, 11) is 0. The molecule has 0 bridgehead atoms. The molecule has 3 N–H and O–H groups in total. The lowest BCUT2D eigenvalue weighted by Crippen LogP contribution is -2.40. The molecule has 0 saturated carbocycles. The molecule has 1 aromatic carbocycles. The zero-order valence-corrected chi connectivity index (χ0v) is 13.0. The van der Waals surface area contributed by atoms with Crippen molar-refractivity contribution in [1.82, 2.24) is 5.32 Å². The van der Waals surface area contributed by atoms with Crippen molar-refractivity contribution in [1.29, 1.82) is 0 Å². The number of nitrogens with one attached hydrogen (secondary N) is 1. The average Bonchev–Trinajstić information content (AvgIpc) is 3.10. The Balaban J connectivity index is 1.50. The molecular weight excluding hydrogens is 296 g/mol. The van der Waals surface area contributed by atoms with Crippen molar-refractivity contribution in [2.24, 2.45) is 5.73 Å². The van der Waals surface area contributed by atoms with Crippen molar-refractivity contribution in [3.8, 4) is 0 Å². The molecule has 0 spiro atoms. The predicted octanol–water partition coefficient (Wildman–Crippen LogP) is 2.18. The third-order valence-electron chi connectivity index (χ3n) is 4.46. The lowest BCUT2D eigenvalue weighted by Gasteiger charge is -2.17. The van der Waals surface area contributed by atoms with Gasteiger partial charge in [0.25, 0.3) is 5.91 Å². The van der Waals surface area contributed by atoms with Crippen molar-refractivity contribution in [3.05, 3.63) is 56.8 Å². The summed E-state index contributed by atoms with van der Waals surface area (Å²) in [5.41, 5.74) is 9.82. The molecule has 2 atom stereocenters. The molecule has 0 saturated heterocycles. The van der Waals surface area contributed by atoms with E-state index in [2.05, 4.69) is 11.4 Å². The first kappa shape index (κ1) is 13.9. The summed E-state index contributed by atoms with van der Waals surface area (Å²) in [5.74, 6) is -0.0207. The molecule has 22 heavy (non-hydrogen) atoms. The summed E-state index contributed by atoms with van der Waals surface area (Å²) in [5, 5.41) is 3.11. The predicted molar refractivity (Wildman–Crippen MR) is 86.0 cm³/mol. The number of thiophene rings is 1. The Kier molecular flexibility index (Phi) is 3.48. The van der Waals surface area contributed by atoms with E-state index in [-0.39, 0.29) is 18.0 Å². The lowest BCUT2D eigenvalue weighted by atomic mass is 10.1. The van der Waals surface area contributed by atoms with Crippen molar-refractivity contribution >= 4 is 17.2 Å². The SMILES string of the molecule is N[C@@H]1c2ccccc2C[C@H]1NC(=O)c1cc2c(s1)CCOC2. The molecule has 2 heterocycles. The number of nitrogens with two attached hydrogens (primary N) is 1. The molecule has 0 fully saturated rings. The van der Waals surface area contributed by atoms with Gasteiger partial charge in [0.05, 0.1) is 30.2 Å². The Morgan fingerprint density at radius 3 is 3.00 bits per heavy atom. The van der Waals surface area contributed by atoms with Gasteiger partial charge >= 0.3 is 0 Å². The smallest absolute Gasteiger partial charge is 0.261 e. The zero-order chi connectivity index (χ0) is 15.1. The van der Waals surface area contributed by atoms with E-state index in [1.165, 1.54) is 10.4 Å². The first-order valence-electron chi connectivity index (χ1n) is 7.56. The Morgan fingerprint density at radius 1 is 1.32 bits per heavy atom. The van der Waals surface area contributed by atoms with Crippen LogP contribution in [0, 0.1) is 0 Å². The van der Waals surface area contributed by atoms with Gasteiger partial charge in [-0.2, -0.15) is 0 Å². The number of hydrogen-bond acceptors (Lipinski definition) is 4. The van der Waals surface area contributed by atoms with Crippen LogP contribution in [0.25, 0.3) is 0 Å². The molecule has 1 aromatic heterocycles. The number of carbonyl (C=O) groups is 1. The summed E-state index contributed by atoms with van der Waals surface area (Å²) < 4.78 is 5.44. The molecule has 0 radical (unpaired) electrons. The van der Waals surface area contributed by atoms with Crippen molar-refractivity contribution < 1.29 is 9.53 Å². The molecule has 2 aliphatic rings. The van der Waals surface area contributed by atoms with Crippen LogP contribution in [-0.4, -0.2) is 18.6 Å². The molecule has 2 aromatic rings. The average molecular weight is 314 g/mol. The van der Waals surface area contributed by atoms with Crippen molar-refractivity contribution in [2.75, 3.05) is 6.61 Å². The van der Waals surface area contributed by atoms with Crippen LogP contribution in [0.15, 0.2) is 30.3 Å². The normalized spacial score (nSPS) is 23.0. The van der Waals surface area contributed by atoms with E-state index < -0.39 is 0 Å². The highest BCUT2D eigenvalue weighted by Crippen LogP contribution is 2.31. The van der Waals surface area contributed by atoms with Gasteiger partial charge in [0.15, 0.2) is 0 Å². The highest BCUT2D eigenvalue weighted by atomic mass is 32.1. The van der Waals surface area contributed by atoms with Crippen LogP contribution < -0.4 is 11.1 Å². The van der Waals surface area contributed by atoms with Crippen molar-refractivity contribution in [2.45, 2.75) is 31.5 Å². The molecule has 1 aliphatic heterocycles. The molecule has 114 valence electrons. The molecular formula is C17H18N2O2S. The van der Waals surface area contributed by atoms with E-state index >= 15 is 0 Å². The highest BCUT2D eigenvalue weighted by Gasteiger charge is 2.31. The Labute approximate surface area is 133 Å². The fraction of sp³-hybridized carbons (Fsp3) is 0.353. The maximum Gasteiger partial charge on any atom is 0.261 e. The van der Waals surface area contributed by atoms with Gasteiger partial charge < -0.3 is 15.8 Å². The Bertz CT molecular complexity index is 702. The van der Waals surface area contributed by atoms with Crippen LogP contribution in [0.3, 0.4) is 0 Å². The minimum absolute atomic E-state index is 0.0207. The first-order chi connectivity index (χ1) is 10.7. The number of amides is 1. The van der Waals surface area contributed by atoms with Gasteiger partial charge in [0.2, 0.25) is 0 Å². The van der Waals surface area contributed by atoms with Gasteiger partial charge in [-0.05, 0) is 29.2 Å². The fourth-order valence-electron chi connectivity index (χ4n) is 3.27. The van der Waals surface area contributed by atoms with E-state index in [9.17, 15) is 4.79 Å². The Hall–Kier alpha value is -1.69. The van der Waals surface area contributed by atoms with Crippen LogP contribution in [0.1, 0.15) is 37.3 Å². The summed E-state index contributed by atoms with van der Waals surface area (Å²) >= 11 is 1.58. The summed E-state index contributed by atoms with van der Waals surface area (Å²) in [6, 6.07) is 9.95. The number of rotatable bonds is 2. The van der Waals surface area contributed by atoms with Gasteiger partial charge in [-0.15, -0.1) is 11.3 Å². The van der Waals surface area contributed by atoms with Gasteiger partial charge in [-0.25, -0.2) is 0 Å². The third-order valence-corrected chi connectivity index (χ3v) is 5.69. The number of ether oxygens (including phenoxy) is 1. The Morgan fingerprint density at radius 2 is 2.18 bits per heavy atom. The van der Waals surface area contributed by atoms with E-state index in [1.807, 2.05) is 24.3 Å². The van der Waals surface area contributed by atoms with Crippen LogP contribution in [0.5, 0.6) is 0 Å². The van der Waals surface area contributed by atoms with Crippen LogP contribution in [0.4, 0.5) is 0 Å². The maximum absolute atomic E-state index is 12.5. The number of benzene rings is 1. The van der Waals surface area contributed by atoms with Crippen molar-refractivity contribution in [3.63, 3.8) is 0 Å². The highest BCUT2D eigenvalue weighted by molar-refractivity contribution is 7.14. The van der Waals surface area contributed by atoms with E-state index in [0.29, 0.717) is 6.61 Å². The number of fused-ring (bicyclic) bond motifs is 2. The monoisotopic (exact) mass is 314 g/mol. The summed E-state index contributed by atoms with van der Waals surface area (Å²) in [6.45, 7) is 1.37. The van der Waals surface area contributed by atoms with Crippen LogP contribution >= 0.6 is 11.3 Å². The fourth-order valence-corrected chi connectivity index (χ4v) is 4.32. The molecule has 1 aliphatic carbocycles. The summed E-state index contributed by atoms with van der Waals surface area (Å²) in [4.78, 5) is 14.6. The first-order valence-corrected chi connectivity index (χ1v) is 8.37. The molecule has 1 amide bonds. The largest absolute Gasteiger partial charge is 0.376 e. The minimum Gasteiger partial charge on any atom is -0.376 e. The van der Waals surface area contributed by atoms with Gasteiger partial charge in [0, 0.05) is 11.3 Å². The topological polar surface area (TPSA) is 64.3 Å². The molecule has 5 heteroatoms. The van der Waals surface area contributed by atoms with E-state index in [4.69, 9.17) is 10.5 Å². The van der Waals surface area contributed by atoms with E-state index in [0.717, 1.165) is 35.5 Å². The molecule has 4 nitrogen and oxygen atoms in total. The van der Waals surface area contributed by atoms with Gasteiger partial charge in [0.1, 0.15) is 0 Å². The number of carbonyl (C=O) groups excluding carboxylic acids is 1. The zero-order valence-electron chi connectivity index (χ0n) is 12.2. The van der Waals surface area contributed by atoms with Crippen LogP contribution in [0.2, 0.25) is 0 Å².